The van der Waals surface area contributed by atoms with Crippen LogP contribution >= 0.6 is 0 Å². The highest BCUT2D eigenvalue weighted by molar-refractivity contribution is 6.08. The first-order chi connectivity index (χ1) is 17.0. The number of aliphatic hydroxyl groups excluding tert-OH is 1. The summed E-state index contributed by atoms with van der Waals surface area (Å²) in [7, 11) is 0. The maximum Gasteiger partial charge on any atom is 0.427 e. The molecule has 2 saturated heterocycles. The van der Waals surface area contributed by atoms with Gasteiger partial charge in [0.05, 0.1) is 12.3 Å². The van der Waals surface area contributed by atoms with E-state index in [4.69, 9.17) is 23.7 Å². The molecule has 2 aliphatic rings. The number of hydrogen-bond donors (Lipinski definition) is 1. The molecule has 0 saturated carbocycles. The summed E-state index contributed by atoms with van der Waals surface area (Å²) in [6.07, 6.45) is -2.45. The summed E-state index contributed by atoms with van der Waals surface area (Å²) >= 11 is 0. The molecule has 12 nitrogen and oxygen atoms in total. The van der Waals surface area contributed by atoms with Gasteiger partial charge in [0.2, 0.25) is 5.95 Å². The molecule has 12 heteroatoms. The molecule has 2 amide bonds. The number of fused-ring (bicyclic) bond motifs is 2. The molecular weight excluding hydrogens is 484 g/mol. The Morgan fingerprint density at radius 1 is 1.05 bits per heavy atom. The lowest BCUT2D eigenvalue weighted by molar-refractivity contribution is -0.199. The van der Waals surface area contributed by atoms with E-state index in [-0.39, 0.29) is 12.6 Å². The number of ether oxygens (including phenoxy) is 5. The number of carbonyl (C=O) groups is 2. The second kappa shape index (κ2) is 9.19. The van der Waals surface area contributed by atoms with Gasteiger partial charge in [0.25, 0.3) is 0 Å². The van der Waals surface area contributed by atoms with E-state index in [9.17, 15) is 14.7 Å². The molecule has 0 aliphatic carbocycles. The van der Waals surface area contributed by atoms with Crippen molar-refractivity contribution in [2.45, 2.75) is 104 Å². The van der Waals surface area contributed by atoms with E-state index in [1.165, 1.54) is 0 Å². The largest absolute Gasteiger partial charge is 0.443 e. The minimum absolute atomic E-state index is 0.203. The Balaban J connectivity index is 1.79. The van der Waals surface area contributed by atoms with Crippen LogP contribution < -0.4 is 4.90 Å². The molecule has 0 radical (unpaired) electrons. The van der Waals surface area contributed by atoms with E-state index < -0.39 is 53.7 Å². The second-order valence-corrected chi connectivity index (χ2v) is 11.7. The third kappa shape index (κ3) is 5.57. The zero-order chi connectivity index (χ0) is 27.5. The molecule has 2 aliphatic heterocycles. The molecule has 4 heterocycles. The highest BCUT2D eigenvalue weighted by Gasteiger charge is 2.56. The number of amides is 2. The fourth-order valence-corrected chi connectivity index (χ4v) is 4.36. The van der Waals surface area contributed by atoms with Gasteiger partial charge in [-0.1, -0.05) is 0 Å². The molecule has 37 heavy (non-hydrogen) atoms. The van der Waals surface area contributed by atoms with Gasteiger partial charge in [-0.3, -0.25) is 0 Å². The first-order valence-corrected chi connectivity index (χ1v) is 12.2. The van der Waals surface area contributed by atoms with Crippen LogP contribution in [0.3, 0.4) is 0 Å². The molecule has 204 valence electrons. The average molecular weight is 521 g/mol. The fraction of sp³-hybridized carbons (Fsp3) is 0.680. The second-order valence-electron chi connectivity index (χ2n) is 11.7. The van der Waals surface area contributed by atoms with Gasteiger partial charge >= 0.3 is 12.2 Å². The van der Waals surface area contributed by atoms with Gasteiger partial charge in [-0.05, 0) is 68.4 Å². The maximum absolute atomic E-state index is 13.1. The molecule has 2 fully saturated rings. The van der Waals surface area contributed by atoms with Gasteiger partial charge < -0.3 is 33.4 Å². The molecule has 0 aromatic carbocycles. The number of aliphatic hydroxyl groups is 1. The minimum Gasteiger partial charge on any atom is -0.443 e. The lowest BCUT2D eigenvalue weighted by atomic mass is 10.1. The van der Waals surface area contributed by atoms with Crippen LogP contribution in [0.1, 0.15) is 67.3 Å². The van der Waals surface area contributed by atoms with E-state index in [1.54, 1.807) is 73.1 Å². The van der Waals surface area contributed by atoms with E-state index in [1.807, 2.05) is 6.07 Å². The van der Waals surface area contributed by atoms with Crippen LogP contribution in [0.2, 0.25) is 0 Å². The standard InChI is InChI=1S/C25H36N4O8/c1-13-14-10-11-28(19-17-16(15(12-30)33-19)34-25(8,9)35-17)18(14)27-20(26-13)29(21(31)36-23(2,3)4)22(32)37-24(5,6)7/h10-11,15-17,19,30H,12H2,1-9H3/t15-,16-,17-,19-/m1/s1. The van der Waals surface area contributed by atoms with Crippen LogP contribution in [-0.2, 0) is 23.7 Å². The summed E-state index contributed by atoms with van der Waals surface area (Å²) in [6, 6.07) is 1.81. The van der Waals surface area contributed by atoms with Crippen molar-refractivity contribution in [2.75, 3.05) is 11.5 Å². The van der Waals surface area contributed by atoms with Crippen LogP contribution in [0.4, 0.5) is 15.5 Å². The third-order valence-corrected chi connectivity index (χ3v) is 5.68. The van der Waals surface area contributed by atoms with Crippen molar-refractivity contribution in [1.82, 2.24) is 14.5 Å². The molecule has 2 aromatic rings. The Morgan fingerprint density at radius 3 is 2.16 bits per heavy atom. The Labute approximate surface area is 215 Å². The van der Waals surface area contributed by atoms with Crippen LogP contribution in [0.5, 0.6) is 0 Å². The maximum atomic E-state index is 13.1. The molecule has 1 N–H and O–H groups in total. The molecule has 0 unspecified atom stereocenters. The fourth-order valence-electron chi connectivity index (χ4n) is 4.36. The smallest absolute Gasteiger partial charge is 0.427 e. The van der Waals surface area contributed by atoms with Gasteiger partial charge in [0.1, 0.15) is 35.2 Å². The molecule has 4 rings (SSSR count). The normalized spacial score (nSPS) is 25.2. The van der Waals surface area contributed by atoms with Crippen LogP contribution in [0.25, 0.3) is 11.0 Å². The predicted molar refractivity (Wildman–Crippen MR) is 132 cm³/mol. The Morgan fingerprint density at radius 2 is 1.62 bits per heavy atom. The molecule has 0 bridgehead atoms. The van der Waals surface area contributed by atoms with Gasteiger partial charge in [0.15, 0.2) is 12.0 Å². The van der Waals surface area contributed by atoms with Crippen LogP contribution in [0.15, 0.2) is 12.3 Å². The number of hydrogen-bond acceptors (Lipinski definition) is 10. The van der Waals surface area contributed by atoms with Crippen LogP contribution in [-0.4, -0.2) is 73.7 Å². The monoisotopic (exact) mass is 520 g/mol. The van der Waals surface area contributed by atoms with Gasteiger partial charge in [-0.25, -0.2) is 14.6 Å². The Bertz CT molecular complexity index is 1170. The number of anilines is 1. The van der Waals surface area contributed by atoms with Crippen molar-refractivity contribution < 1.29 is 38.4 Å². The first kappa shape index (κ1) is 27.2. The zero-order valence-electron chi connectivity index (χ0n) is 22.8. The molecule has 2 aromatic heterocycles. The number of aromatic nitrogens is 3. The first-order valence-electron chi connectivity index (χ1n) is 12.2. The summed E-state index contributed by atoms with van der Waals surface area (Å²) in [4.78, 5) is 36.0. The van der Waals surface area contributed by atoms with Crippen molar-refractivity contribution in [3.8, 4) is 0 Å². The SMILES string of the molecule is Cc1nc(N(C(=O)OC(C)(C)C)C(=O)OC(C)(C)C)nc2c1ccn2[C@@H]1O[C@H](CO)[C@H]2OC(C)(C)O[C@H]21. The summed E-state index contributed by atoms with van der Waals surface area (Å²) in [5.74, 6) is -1.06. The molecule has 4 atom stereocenters. The summed E-state index contributed by atoms with van der Waals surface area (Å²) in [5, 5.41) is 10.6. The highest BCUT2D eigenvalue weighted by Crippen LogP contribution is 2.44. The summed E-state index contributed by atoms with van der Waals surface area (Å²) in [5.41, 5.74) is -0.840. The van der Waals surface area contributed by atoms with Gasteiger partial charge in [-0.15, -0.1) is 4.90 Å². The van der Waals surface area contributed by atoms with Crippen molar-refractivity contribution in [2.24, 2.45) is 0 Å². The zero-order valence-corrected chi connectivity index (χ0v) is 22.8. The quantitative estimate of drug-likeness (QED) is 0.636. The van der Waals surface area contributed by atoms with Gasteiger partial charge in [0, 0.05) is 11.6 Å². The number of carbonyl (C=O) groups excluding carboxylic acids is 2. The van der Waals surface area contributed by atoms with Crippen molar-refractivity contribution in [3.63, 3.8) is 0 Å². The van der Waals surface area contributed by atoms with E-state index in [0.717, 1.165) is 0 Å². The summed E-state index contributed by atoms with van der Waals surface area (Å²) in [6.45, 7) is 15.2. The number of nitrogens with zero attached hydrogens (tertiary/aromatic N) is 4. The van der Waals surface area contributed by atoms with Gasteiger partial charge in [-0.2, -0.15) is 4.98 Å². The minimum atomic E-state index is -0.967. The van der Waals surface area contributed by atoms with Crippen molar-refractivity contribution in [3.05, 3.63) is 18.0 Å². The average Bonchev–Trinajstić information content (AvgIpc) is 3.36. The topological polar surface area (TPSA) is 134 Å². The van der Waals surface area contributed by atoms with Crippen molar-refractivity contribution in [1.29, 1.82) is 0 Å². The Hall–Kier alpha value is -2.80. The van der Waals surface area contributed by atoms with E-state index in [0.29, 0.717) is 21.6 Å². The number of aryl methyl sites for hydroxylation is 1. The molecular formula is C25H36N4O8. The van der Waals surface area contributed by atoms with E-state index >= 15 is 0 Å². The van der Waals surface area contributed by atoms with E-state index in [2.05, 4.69) is 9.97 Å². The molecule has 0 spiro atoms. The number of rotatable bonds is 3. The number of imide groups is 1. The van der Waals surface area contributed by atoms with Crippen molar-refractivity contribution >= 4 is 29.2 Å². The van der Waals surface area contributed by atoms with Crippen LogP contribution in [0, 0.1) is 6.92 Å². The lowest BCUT2D eigenvalue weighted by Gasteiger charge is -2.28. The highest BCUT2D eigenvalue weighted by atomic mass is 16.8. The predicted octanol–water partition coefficient (Wildman–Crippen LogP) is 3.83. The summed E-state index contributed by atoms with van der Waals surface area (Å²) < 4.78 is 30.8. The third-order valence-electron chi connectivity index (χ3n) is 5.68. The lowest BCUT2D eigenvalue weighted by Crippen LogP contribution is -2.44. The Kier molecular flexibility index (Phi) is 6.77.